The van der Waals surface area contributed by atoms with E-state index in [1.807, 2.05) is 0 Å². The van der Waals surface area contributed by atoms with Crippen LogP contribution in [0.3, 0.4) is 0 Å². The van der Waals surface area contributed by atoms with Crippen LogP contribution in [0.2, 0.25) is 0 Å². The van der Waals surface area contributed by atoms with Gasteiger partial charge in [-0.05, 0) is 12.1 Å². The van der Waals surface area contributed by atoms with Gasteiger partial charge < -0.3 is 0 Å². The fraction of sp³-hybridized carbons (Fsp3) is 0.333. The van der Waals surface area contributed by atoms with E-state index in [2.05, 4.69) is 27.9 Å². The molecule has 1 aromatic rings. The van der Waals surface area contributed by atoms with Gasteiger partial charge in [-0.2, -0.15) is 43.5 Å². The molecule has 156 valence electrons. The summed E-state index contributed by atoms with van der Waals surface area (Å²) in [6, 6.07) is 3.84. The second-order valence-corrected chi connectivity index (χ2v) is 8.14. The van der Waals surface area contributed by atoms with Crippen molar-refractivity contribution in [1.82, 2.24) is 4.31 Å². The number of halogens is 9. The first-order valence-electron chi connectivity index (χ1n) is 6.51. The molecule has 16 heteroatoms. The van der Waals surface area contributed by atoms with Crippen LogP contribution in [0, 0.1) is 0 Å². The molecule has 0 radical (unpaired) electrons. The highest BCUT2D eigenvalue weighted by Gasteiger charge is 2.75. The largest absolute Gasteiger partial charge is 0.454 e. The molecule has 0 fully saturated rings. The van der Waals surface area contributed by atoms with Crippen LogP contribution in [0.5, 0.6) is 0 Å². The Morgan fingerprint density at radius 2 is 1.21 bits per heavy atom. The number of carbonyl (C=O) groups excluding carboxylic acids is 2. The van der Waals surface area contributed by atoms with Crippen molar-refractivity contribution in [2.24, 2.45) is 0 Å². The Hall–Kier alpha value is -1.64. The highest BCUT2D eigenvalue weighted by Crippen LogP contribution is 2.50. The van der Waals surface area contributed by atoms with Crippen LogP contribution in [0.25, 0.3) is 0 Å². The molecule has 0 spiro atoms. The summed E-state index contributed by atoms with van der Waals surface area (Å²) in [5.74, 6) is -3.89. The van der Waals surface area contributed by atoms with E-state index in [4.69, 9.17) is 0 Å². The quantitative estimate of drug-likeness (QED) is 0.355. The molecule has 1 aliphatic rings. The molecule has 0 saturated carbocycles. The molecule has 0 atom stereocenters. The SMILES string of the molecule is O=C1c2ccccc2C(=O)N1S(=O)(=O)C(F)(F)C(F)(F)OC(F)(F)C(F)(Cl)Cl. The van der Waals surface area contributed by atoms with Crippen molar-refractivity contribution >= 4 is 45.0 Å². The van der Waals surface area contributed by atoms with Crippen LogP contribution in [-0.4, -0.2) is 46.6 Å². The van der Waals surface area contributed by atoms with E-state index in [1.54, 1.807) is 0 Å². The normalized spacial score (nSPS) is 16.5. The summed E-state index contributed by atoms with van der Waals surface area (Å²) in [5.41, 5.74) is -1.46. The monoisotopic (exact) mass is 477 g/mol. The van der Waals surface area contributed by atoms with Crippen LogP contribution in [0.4, 0.5) is 30.7 Å². The topological polar surface area (TPSA) is 80.8 Å². The zero-order chi connectivity index (χ0) is 21.9. The Bertz CT molecular complexity index is 913. The molecule has 28 heavy (non-hydrogen) atoms. The number of ether oxygens (including phenoxy) is 1. The standard InChI is InChI=1S/C12H4Cl2F7NO5S/c13-9(14,15)10(16,17)27-11(18,19)12(20,21)28(25,26)22-7(23)5-3-1-2-4-6(5)8(22)24/h1-4H. The predicted molar refractivity (Wildman–Crippen MR) is 77.3 cm³/mol. The number of benzene rings is 1. The van der Waals surface area contributed by atoms with Gasteiger partial charge in [-0.1, -0.05) is 35.3 Å². The molecular weight excluding hydrogens is 474 g/mol. The molecule has 0 N–H and O–H groups in total. The van der Waals surface area contributed by atoms with Crippen LogP contribution < -0.4 is 0 Å². The Labute approximate surface area is 160 Å². The van der Waals surface area contributed by atoms with Gasteiger partial charge in [0.15, 0.2) is 0 Å². The third-order valence-electron chi connectivity index (χ3n) is 3.25. The minimum Gasteiger partial charge on any atom is -0.267 e. The lowest BCUT2D eigenvalue weighted by Gasteiger charge is -2.32. The van der Waals surface area contributed by atoms with Gasteiger partial charge in [-0.3, -0.25) is 9.59 Å². The minimum absolute atomic E-state index is 0.731. The van der Waals surface area contributed by atoms with Gasteiger partial charge in [0.1, 0.15) is 0 Å². The number of carbonyl (C=O) groups is 2. The third-order valence-corrected chi connectivity index (χ3v) is 5.38. The van der Waals surface area contributed by atoms with Gasteiger partial charge in [0.05, 0.1) is 11.1 Å². The summed E-state index contributed by atoms with van der Waals surface area (Å²) < 4.78 is 114. The number of hydrogen-bond donors (Lipinski definition) is 0. The Morgan fingerprint density at radius 3 is 1.57 bits per heavy atom. The lowest BCUT2D eigenvalue weighted by Crippen LogP contribution is -2.59. The van der Waals surface area contributed by atoms with E-state index >= 15 is 0 Å². The average molecular weight is 478 g/mol. The van der Waals surface area contributed by atoms with Crippen LogP contribution >= 0.6 is 23.2 Å². The summed E-state index contributed by atoms with van der Waals surface area (Å²) in [6.07, 6.45) is -12.7. The summed E-state index contributed by atoms with van der Waals surface area (Å²) >= 11 is 8.41. The minimum atomic E-state index is -7.00. The zero-order valence-corrected chi connectivity index (χ0v) is 14.9. The van der Waals surface area contributed by atoms with Crippen molar-refractivity contribution in [3.05, 3.63) is 35.4 Å². The molecule has 0 saturated heterocycles. The van der Waals surface area contributed by atoms with Gasteiger partial charge in [-0.25, -0.2) is 4.74 Å². The number of hydrogen-bond acceptors (Lipinski definition) is 5. The van der Waals surface area contributed by atoms with Crippen molar-refractivity contribution in [2.75, 3.05) is 0 Å². The Balaban J connectivity index is 2.50. The molecule has 0 aliphatic carbocycles. The number of rotatable bonds is 6. The average Bonchev–Trinajstić information content (AvgIpc) is 2.77. The number of amides is 2. The number of alkyl halides is 9. The maximum atomic E-state index is 14.0. The zero-order valence-electron chi connectivity index (χ0n) is 12.6. The Kier molecular flexibility index (Phi) is 5.20. The smallest absolute Gasteiger partial charge is 0.267 e. The van der Waals surface area contributed by atoms with Gasteiger partial charge in [0.25, 0.3) is 11.8 Å². The second kappa shape index (κ2) is 6.43. The predicted octanol–water partition coefficient (Wildman–Crippen LogP) is 3.51. The fourth-order valence-electron chi connectivity index (χ4n) is 1.93. The van der Waals surface area contributed by atoms with E-state index in [1.165, 1.54) is 0 Å². The first-order valence-corrected chi connectivity index (χ1v) is 8.71. The maximum absolute atomic E-state index is 14.0. The van der Waals surface area contributed by atoms with Crippen LogP contribution in [0.1, 0.15) is 20.7 Å². The molecule has 1 aliphatic heterocycles. The van der Waals surface area contributed by atoms with Crippen LogP contribution in [-0.2, 0) is 14.8 Å². The van der Waals surface area contributed by atoms with E-state index < -0.39 is 59.3 Å². The molecule has 2 rings (SSSR count). The molecule has 0 bridgehead atoms. The van der Waals surface area contributed by atoms with E-state index in [0.717, 1.165) is 24.3 Å². The van der Waals surface area contributed by atoms with Gasteiger partial charge in [-0.15, -0.1) is 0 Å². The molecule has 2 amide bonds. The van der Waals surface area contributed by atoms with Crippen molar-refractivity contribution in [2.45, 2.75) is 22.1 Å². The van der Waals surface area contributed by atoms with E-state index in [9.17, 15) is 48.7 Å². The molecule has 1 aromatic carbocycles. The summed E-state index contributed by atoms with van der Waals surface area (Å²) in [5, 5.41) is -6.66. The maximum Gasteiger partial charge on any atom is 0.454 e. The Morgan fingerprint density at radius 1 is 0.821 bits per heavy atom. The van der Waals surface area contributed by atoms with Crippen molar-refractivity contribution in [3.63, 3.8) is 0 Å². The van der Waals surface area contributed by atoms with Gasteiger partial charge in [0, 0.05) is 0 Å². The molecule has 0 aromatic heterocycles. The number of nitrogens with zero attached hydrogens (tertiary/aromatic N) is 1. The first-order chi connectivity index (χ1) is 12.4. The van der Waals surface area contributed by atoms with Crippen LogP contribution in [0.15, 0.2) is 24.3 Å². The molecule has 0 unspecified atom stereocenters. The van der Waals surface area contributed by atoms with Crippen molar-refractivity contribution in [3.8, 4) is 0 Å². The lowest BCUT2D eigenvalue weighted by atomic mass is 10.1. The van der Waals surface area contributed by atoms with E-state index in [0.29, 0.717) is 0 Å². The van der Waals surface area contributed by atoms with Gasteiger partial charge >= 0.3 is 32.1 Å². The molecule has 6 nitrogen and oxygen atoms in total. The van der Waals surface area contributed by atoms with Crippen molar-refractivity contribution in [1.29, 1.82) is 0 Å². The highest BCUT2D eigenvalue weighted by atomic mass is 35.5. The third kappa shape index (κ3) is 3.21. The number of sulfonamides is 1. The number of imide groups is 1. The molecule has 1 heterocycles. The second-order valence-electron chi connectivity index (χ2n) is 5.08. The summed E-state index contributed by atoms with van der Waals surface area (Å²) in [6.45, 7) is 0. The van der Waals surface area contributed by atoms with Crippen molar-refractivity contribution < 1.29 is 53.5 Å². The van der Waals surface area contributed by atoms with E-state index in [-0.39, 0.29) is 0 Å². The number of fused-ring (bicyclic) bond motifs is 1. The lowest BCUT2D eigenvalue weighted by molar-refractivity contribution is -0.423. The fourth-order valence-corrected chi connectivity index (χ4v) is 3.21. The van der Waals surface area contributed by atoms with Gasteiger partial charge in [0.2, 0.25) is 0 Å². The summed E-state index contributed by atoms with van der Waals surface area (Å²) in [7, 11) is -7.00. The first kappa shape index (κ1) is 22.6. The highest BCUT2D eigenvalue weighted by molar-refractivity contribution is 7.91. The molecular formula is C12H4Cl2F7NO5S. The summed E-state index contributed by atoms with van der Waals surface area (Å²) in [4.78, 5) is 23.9.